The quantitative estimate of drug-likeness (QED) is 0.627. The maximum Gasteiger partial charge on any atom is 0.269 e. The number of hydrogen-bond donors (Lipinski definition) is 1. The monoisotopic (exact) mass is 472 g/mol. The molecule has 2 heterocycles. The fourth-order valence-corrected chi connectivity index (χ4v) is 5.40. The molecule has 2 aromatic heterocycles. The molecule has 172 valence electrons. The van der Waals surface area contributed by atoms with Crippen LogP contribution in [-0.2, 0) is 16.1 Å². The lowest BCUT2D eigenvalue weighted by Crippen LogP contribution is -2.39. The number of Topliss-reactive ketones (excluding diaryl/α,β-unsaturated/α-hetero) is 1. The highest BCUT2D eigenvalue weighted by atomic mass is 32.1. The van der Waals surface area contributed by atoms with Crippen molar-refractivity contribution in [2.45, 2.75) is 66.3 Å². The van der Waals surface area contributed by atoms with Crippen LogP contribution in [0.5, 0.6) is 0 Å². The van der Waals surface area contributed by atoms with E-state index >= 15 is 0 Å². The number of thiophene rings is 1. The Morgan fingerprint density at radius 3 is 2.59 bits per heavy atom. The van der Waals surface area contributed by atoms with Crippen LogP contribution in [0, 0.1) is 12.3 Å². The Balaban J connectivity index is 1.85. The molecule has 0 aliphatic heterocycles. The predicted octanol–water partition coefficient (Wildman–Crippen LogP) is 3.51. The Bertz CT molecular complexity index is 1190. The van der Waals surface area contributed by atoms with E-state index in [2.05, 4.69) is 11.4 Å². The molecule has 0 fully saturated rings. The van der Waals surface area contributed by atoms with Crippen LogP contribution in [0.25, 0.3) is 12.2 Å². The number of rotatable bonds is 7. The summed E-state index contributed by atoms with van der Waals surface area (Å²) in [6, 6.07) is 3.98. The van der Waals surface area contributed by atoms with Crippen molar-refractivity contribution in [2.75, 3.05) is 6.54 Å². The van der Waals surface area contributed by atoms with Crippen LogP contribution in [-0.4, -0.2) is 22.8 Å². The summed E-state index contributed by atoms with van der Waals surface area (Å²) < 4.78 is 2.47. The van der Waals surface area contributed by atoms with E-state index in [9.17, 15) is 14.4 Å². The molecule has 0 saturated carbocycles. The Morgan fingerprint density at radius 1 is 1.19 bits per heavy atom. The van der Waals surface area contributed by atoms with E-state index in [1.807, 2.05) is 45.9 Å². The van der Waals surface area contributed by atoms with Crippen molar-refractivity contribution in [3.05, 3.63) is 53.1 Å². The van der Waals surface area contributed by atoms with Gasteiger partial charge in [-0.15, -0.1) is 22.7 Å². The first-order chi connectivity index (χ1) is 15.1. The van der Waals surface area contributed by atoms with Gasteiger partial charge in [0.2, 0.25) is 5.91 Å². The van der Waals surface area contributed by atoms with Gasteiger partial charge in [-0.1, -0.05) is 32.4 Å². The van der Waals surface area contributed by atoms with Crippen molar-refractivity contribution in [1.82, 2.24) is 9.88 Å². The lowest BCUT2D eigenvalue weighted by Gasteiger charge is -2.13. The number of thiazole rings is 1. The van der Waals surface area contributed by atoms with Gasteiger partial charge >= 0.3 is 0 Å². The molecule has 2 aromatic rings. The minimum absolute atomic E-state index is 0.0735. The normalized spacial score (nSPS) is 15.7. The Hall–Kier alpha value is -2.25. The molecule has 7 heteroatoms. The molecule has 3 rings (SSSR count). The number of carbonyl (C=O) groups is 2. The van der Waals surface area contributed by atoms with Gasteiger partial charge < -0.3 is 5.32 Å². The lowest BCUT2D eigenvalue weighted by atomic mass is 9.91. The Morgan fingerprint density at radius 2 is 1.97 bits per heavy atom. The van der Waals surface area contributed by atoms with E-state index in [1.165, 1.54) is 40.4 Å². The number of aryl methyl sites for hydroxylation is 1. The maximum atomic E-state index is 13.1. The highest BCUT2D eigenvalue weighted by Gasteiger charge is 2.20. The number of amides is 1. The van der Waals surface area contributed by atoms with Gasteiger partial charge in [0.15, 0.2) is 5.78 Å². The molecule has 1 aliphatic carbocycles. The number of hydrogen-bond acceptors (Lipinski definition) is 5. The highest BCUT2D eigenvalue weighted by Crippen LogP contribution is 2.19. The van der Waals surface area contributed by atoms with Crippen molar-refractivity contribution < 1.29 is 9.59 Å². The second kappa shape index (κ2) is 10.6. The second-order valence-corrected chi connectivity index (χ2v) is 11.6. The Labute approximate surface area is 197 Å². The summed E-state index contributed by atoms with van der Waals surface area (Å²) in [7, 11) is 0. The first-order valence-electron chi connectivity index (χ1n) is 11.1. The number of ketones is 1. The van der Waals surface area contributed by atoms with Crippen molar-refractivity contribution >= 4 is 46.5 Å². The van der Waals surface area contributed by atoms with E-state index in [0.29, 0.717) is 15.7 Å². The average molecular weight is 473 g/mol. The predicted molar refractivity (Wildman–Crippen MR) is 134 cm³/mol. The SMILES string of the molecule is Cc1ccc(/C=c2\s/c(=C/C(=O)C(C)(C)C)n(CC(=O)NCCC3=CCCCC3)c2=O)s1. The third kappa shape index (κ3) is 6.62. The molecule has 1 amide bonds. The van der Waals surface area contributed by atoms with Gasteiger partial charge in [0.1, 0.15) is 11.2 Å². The summed E-state index contributed by atoms with van der Waals surface area (Å²) in [4.78, 5) is 40.5. The average Bonchev–Trinajstić information content (AvgIpc) is 3.26. The van der Waals surface area contributed by atoms with Crippen LogP contribution < -0.4 is 20.1 Å². The van der Waals surface area contributed by atoms with Gasteiger partial charge in [0, 0.05) is 27.8 Å². The molecule has 5 nitrogen and oxygen atoms in total. The molecule has 0 spiro atoms. The lowest BCUT2D eigenvalue weighted by molar-refractivity contribution is -0.122. The molecular weight excluding hydrogens is 440 g/mol. The zero-order valence-corrected chi connectivity index (χ0v) is 21.0. The van der Waals surface area contributed by atoms with Crippen LogP contribution in [0.3, 0.4) is 0 Å². The van der Waals surface area contributed by atoms with Gasteiger partial charge in [-0.3, -0.25) is 19.0 Å². The van der Waals surface area contributed by atoms with Gasteiger partial charge in [-0.25, -0.2) is 0 Å². The topological polar surface area (TPSA) is 68.2 Å². The fraction of sp³-hybridized carbons (Fsp3) is 0.480. The molecule has 0 bridgehead atoms. The third-order valence-electron chi connectivity index (χ3n) is 5.42. The minimum Gasteiger partial charge on any atom is -0.354 e. The summed E-state index contributed by atoms with van der Waals surface area (Å²) in [5, 5.41) is 2.94. The molecule has 1 aliphatic rings. The summed E-state index contributed by atoms with van der Waals surface area (Å²) >= 11 is 2.86. The van der Waals surface area contributed by atoms with E-state index < -0.39 is 5.41 Å². The van der Waals surface area contributed by atoms with Crippen molar-refractivity contribution in [2.24, 2.45) is 5.41 Å². The van der Waals surface area contributed by atoms with Crippen molar-refractivity contribution in [1.29, 1.82) is 0 Å². The molecule has 0 radical (unpaired) electrons. The standard InChI is InChI=1S/C25H32N2O3S2/c1-17-10-11-19(31-17)14-20-24(30)27(23(32-20)15-21(28)25(2,3)4)16-22(29)26-13-12-18-8-6-5-7-9-18/h8,10-11,14-15H,5-7,9,12-13,16H2,1-4H3,(H,26,29)/b20-14-,23-15+. The molecule has 0 saturated heterocycles. The van der Waals surface area contributed by atoms with Crippen molar-refractivity contribution in [3.63, 3.8) is 0 Å². The van der Waals surface area contributed by atoms with Gasteiger partial charge in [-0.05, 0) is 57.2 Å². The summed E-state index contributed by atoms with van der Waals surface area (Å²) in [5.41, 5.74) is 0.603. The third-order valence-corrected chi connectivity index (χ3v) is 7.43. The van der Waals surface area contributed by atoms with Gasteiger partial charge in [-0.2, -0.15) is 0 Å². The molecule has 32 heavy (non-hydrogen) atoms. The maximum absolute atomic E-state index is 13.1. The zero-order valence-electron chi connectivity index (χ0n) is 19.3. The fourth-order valence-electron chi connectivity index (χ4n) is 3.48. The van der Waals surface area contributed by atoms with Gasteiger partial charge in [0.25, 0.3) is 5.56 Å². The summed E-state index contributed by atoms with van der Waals surface area (Å²) in [5.74, 6) is -0.284. The van der Waals surface area contributed by atoms with E-state index in [1.54, 1.807) is 11.3 Å². The molecule has 0 unspecified atom stereocenters. The van der Waals surface area contributed by atoms with E-state index in [0.717, 1.165) is 29.0 Å². The number of aromatic nitrogens is 1. The smallest absolute Gasteiger partial charge is 0.269 e. The minimum atomic E-state index is -0.560. The molecular formula is C25H32N2O3S2. The van der Waals surface area contributed by atoms with Crippen LogP contribution in [0.1, 0.15) is 62.6 Å². The van der Waals surface area contributed by atoms with E-state index in [-0.39, 0.29) is 23.8 Å². The zero-order chi connectivity index (χ0) is 23.3. The summed E-state index contributed by atoms with van der Waals surface area (Å²) in [6.07, 6.45) is 11.2. The van der Waals surface area contributed by atoms with E-state index in [4.69, 9.17) is 0 Å². The van der Waals surface area contributed by atoms with Crippen LogP contribution in [0.4, 0.5) is 0 Å². The number of nitrogens with one attached hydrogen (secondary N) is 1. The molecule has 1 N–H and O–H groups in total. The van der Waals surface area contributed by atoms with Crippen molar-refractivity contribution in [3.8, 4) is 0 Å². The highest BCUT2D eigenvalue weighted by molar-refractivity contribution is 7.13. The number of allylic oxidation sites excluding steroid dienone is 1. The Kier molecular flexibility index (Phi) is 8.06. The van der Waals surface area contributed by atoms with Crippen LogP contribution in [0.15, 0.2) is 28.6 Å². The van der Waals surface area contributed by atoms with Crippen LogP contribution in [0.2, 0.25) is 0 Å². The first-order valence-corrected chi connectivity index (χ1v) is 12.8. The second-order valence-electron chi connectivity index (χ2n) is 9.26. The van der Waals surface area contributed by atoms with Gasteiger partial charge in [0.05, 0.1) is 4.53 Å². The number of carbonyl (C=O) groups excluding carboxylic acids is 2. The molecule has 0 atom stereocenters. The number of nitrogens with zero attached hydrogens (tertiary/aromatic N) is 1. The molecule has 0 aromatic carbocycles. The largest absolute Gasteiger partial charge is 0.354 e. The summed E-state index contributed by atoms with van der Waals surface area (Å²) in [6.45, 7) is 8.03. The first kappa shape index (κ1) is 24.4. The van der Waals surface area contributed by atoms with Crippen LogP contribution >= 0.6 is 22.7 Å².